The van der Waals surface area contributed by atoms with Crippen LogP contribution in [0.15, 0.2) is 6.17 Å². The molecule has 0 fully saturated rings. The Labute approximate surface area is 97.2 Å². The minimum absolute atomic E-state index is 0.241. The van der Waals surface area contributed by atoms with E-state index >= 15 is 0 Å². The van der Waals surface area contributed by atoms with Crippen molar-refractivity contribution in [1.29, 1.82) is 0 Å². The minimum atomic E-state index is -0.241. The van der Waals surface area contributed by atoms with Gasteiger partial charge in [0.1, 0.15) is 0 Å². The Kier molecular flexibility index (Phi) is 4.22. The predicted octanol–water partition coefficient (Wildman–Crippen LogP) is 1.48. The summed E-state index contributed by atoms with van der Waals surface area (Å²) in [5.74, 6) is -0.241. The van der Waals surface area contributed by atoms with Crippen LogP contribution in [0.4, 0.5) is 5.69 Å². The second-order valence-corrected chi connectivity index (χ2v) is 3.67. The molecule has 0 atom stereocenters. The van der Waals surface area contributed by atoms with E-state index in [0.717, 1.165) is 30.8 Å². The molecular weight excluding hydrogens is 206 g/mol. The molecule has 0 aliphatic carbocycles. The van der Waals surface area contributed by atoms with Crippen molar-refractivity contribution >= 4 is 11.7 Å². The van der Waals surface area contributed by atoms with Gasteiger partial charge in [0, 0.05) is 20.5 Å². The standard InChI is InChI=1S/C11H19N3O2/c1-9-11(8-13-14(9)3)12-6-4-5-7-16-10(2)15/h8,12H,4-7H2,1-3H3/i8D. The van der Waals surface area contributed by atoms with E-state index in [1.807, 2.05) is 14.0 Å². The topological polar surface area (TPSA) is 56.1 Å². The molecule has 1 aromatic heterocycles. The van der Waals surface area contributed by atoms with Crippen LogP contribution in [-0.4, -0.2) is 28.9 Å². The third-order valence-electron chi connectivity index (χ3n) is 2.34. The fraction of sp³-hybridized carbons (Fsp3) is 0.636. The van der Waals surface area contributed by atoms with E-state index in [0.29, 0.717) is 6.61 Å². The third-order valence-corrected chi connectivity index (χ3v) is 2.34. The summed E-state index contributed by atoms with van der Waals surface area (Å²) < 4.78 is 14.2. The molecule has 16 heavy (non-hydrogen) atoms. The number of unbranched alkanes of at least 4 members (excludes halogenated alkanes) is 1. The van der Waals surface area contributed by atoms with Crippen molar-refractivity contribution in [3.63, 3.8) is 0 Å². The summed E-state index contributed by atoms with van der Waals surface area (Å²) in [6, 6.07) is 0. The summed E-state index contributed by atoms with van der Waals surface area (Å²) in [4.78, 5) is 10.5. The lowest BCUT2D eigenvalue weighted by Crippen LogP contribution is -2.06. The number of hydrogen-bond donors (Lipinski definition) is 1. The van der Waals surface area contributed by atoms with Crippen molar-refractivity contribution in [2.24, 2.45) is 7.05 Å². The molecule has 0 aliphatic rings. The Morgan fingerprint density at radius 2 is 2.44 bits per heavy atom. The Bertz CT molecular complexity index is 390. The maximum atomic E-state index is 10.5. The Hall–Kier alpha value is -1.52. The van der Waals surface area contributed by atoms with E-state index in [1.165, 1.54) is 6.92 Å². The van der Waals surface area contributed by atoms with Gasteiger partial charge in [0.2, 0.25) is 0 Å². The molecule has 0 radical (unpaired) electrons. The molecule has 1 N–H and O–H groups in total. The number of carbonyl (C=O) groups is 1. The van der Waals surface area contributed by atoms with Gasteiger partial charge >= 0.3 is 5.97 Å². The zero-order chi connectivity index (χ0) is 12.8. The van der Waals surface area contributed by atoms with Crippen molar-refractivity contribution in [1.82, 2.24) is 9.78 Å². The lowest BCUT2D eigenvalue weighted by Gasteiger charge is -2.05. The van der Waals surface area contributed by atoms with Gasteiger partial charge in [0.25, 0.3) is 0 Å². The first-order chi connectivity index (χ1) is 8.02. The zero-order valence-corrected chi connectivity index (χ0v) is 10.0. The number of esters is 1. The van der Waals surface area contributed by atoms with E-state index < -0.39 is 0 Å². The maximum absolute atomic E-state index is 10.5. The molecule has 0 unspecified atom stereocenters. The molecule has 0 saturated carbocycles. The van der Waals surface area contributed by atoms with Gasteiger partial charge in [0.05, 0.1) is 25.5 Å². The van der Waals surface area contributed by atoms with E-state index in [-0.39, 0.29) is 12.1 Å². The van der Waals surface area contributed by atoms with Crippen molar-refractivity contribution in [2.75, 3.05) is 18.5 Å². The molecule has 5 nitrogen and oxygen atoms in total. The molecule has 0 spiro atoms. The molecule has 5 heteroatoms. The van der Waals surface area contributed by atoms with E-state index in [4.69, 9.17) is 6.11 Å². The Balaban J connectivity index is 2.24. The highest BCUT2D eigenvalue weighted by Crippen LogP contribution is 2.11. The number of rotatable bonds is 6. The van der Waals surface area contributed by atoms with Crippen LogP contribution < -0.4 is 5.32 Å². The smallest absolute Gasteiger partial charge is 0.302 e. The largest absolute Gasteiger partial charge is 0.466 e. The highest BCUT2D eigenvalue weighted by Gasteiger charge is 2.01. The van der Waals surface area contributed by atoms with Crippen molar-refractivity contribution in [2.45, 2.75) is 26.7 Å². The fourth-order valence-corrected chi connectivity index (χ4v) is 1.27. The molecule has 0 saturated heterocycles. The van der Waals surface area contributed by atoms with Gasteiger partial charge < -0.3 is 10.1 Å². The number of aryl methyl sites for hydroxylation is 1. The first-order valence-electron chi connectivity index (χ1n) is 5.89. The normalized spacial score (nSPS) is 11.1. The molecule has 0 amide bonds. The van der Waals surface area contributed by atoms with Crippen LogP contribution >= 0.6 is 0 Å². The van der Waals surface area contributed by atoms with Gasteiger partial charge in [-0.25, -0.2) is 0 Å². The Morgan fingerprint density at radius 1 is 1.69 bits per heavy atom. The Morgan fingerprint density at radius 3 is 3.00 bits per heavy atom. The lowest BCUT2D eigenvalue weighted by molar-refractivity contribution is -0.141. The summed E-state index contributed by atoms with van der Waals surface area (Å²) in [6.07, 6.45) is 1.98. The molecular formula is C11H19N3O2. The number of aromatic nitrogens is 2. The van der Waals surface area contributed by atoms with Crippen LogP contribution in [0.3, 0.4) is 0 Å². The summed E-state index contributed by atoms with van der Waals surface area (Å²) in [5, 5.41) is 7.18. The van der Waals surface area contributed by atoms with Gasteiger partial charge in [0.15, 0.2) is 0 Å². The monoisotopic (exact) mass is 226 g/mol. The van der Waals surface area contributed by atoms with Crippen LogP contribution in [-0.2, 0) is 16.6 Å². The van der Waals surface area contributed by atoms with Crippen molar-refractivity contribution in [3.05, 3.63) is 11.9 Å². The third kappa shape index (κ3) is 3.92. The van der Waals surface area contributed by atoms with E-state index in [2.05, 4.69) is 10.4 Å². The average molecular weight is 226 g/mol. The second kappa shape index (κ2) is 6.15. The number of carbonyl (C=O) groups excluding carboxylic acids is 1. The predicted molar refractivity (Wildman–Crippen MR) is 62.3 cm³/mol. The molecule has 1 rings (SSSR count). The summed E-state index contributed by atoms with van der Waals surface area (Å²) in [5.41, 5.74) is 1.73. The first-order valence-corrected chi connectivity index (χ1v) is 5.39. The van der Waals surface area contributed by atoms with Crippen LogP contribution in [0.25, 0.3) is 0 Å². The van der Waals surface area contributed by atoms with Crippen molar-refractivity contribution < 1.29 is 10.9 Å². The molecule has 1 heterocycles. The number of ether oxygens (including phenoxy) is 1. The quantitative estimate of drug-likeness (QED) is 0.589. The minimum Gasteiger partial charge on any atom is -0.466 e. The number of anilines is 1. The van der Waals surface area contributed by atoms with Crippen molar-refractivity contribution in [3.8, 4) is 0 Å². The summed E-state index contributed by atoms with van der Waals surface area (Å²) in [7, 11) is 1.82. The second-order valence-electron chi connectivity index (χ2n) is 3.67. The summed E-state index contributed by atoms with van der Waals surface area (Å²) in [6.45, 7) is 4.53. The number of hydrogen-bond acceptors (Lipinski definition) is 4. The first kappa shape index (κ1) is 11.0. The lowest BCUT2D eigenvalue weighted by atomic mass is 10.3. The van der Waals surface area contributed by atoms with Crippen LogP contribution in [0.5, 0.6) is 0 Å². The molecule has 0 aromatic carbocycles. The van der Waals surface area contributed by atoms with Crippen LogP contribution in [0, 0.1) is 6.92 Å². The summed E-state index contributed by atoms with van der Waals surface area (Å²) >= 11 is 0. The van der Waals surface area contributed by atoms with E-state index in [1.54, 1.807) is 4.68 Å². The highest BCUT2D eigenvalue weighted by molar-refractivity contribution is 5.65. The average Bonchev–Trinajstić information content (AvgIpc) is 2.48. The van der Waals surface area contributed by atoms with Crippen LogP contribution in [0.2, 0.25) is 0 Å². The zero-order valence-electron chi connectivity index (χ0n) is 11.0. The molecule has 0 aliphatic heterocycles. The molecule has 90 valence electrons. The van der Waals surface area contributed by atoms with Gasteiger partial charge in [-0.1, -0.05) is 0 Å². The highest BCUT2D eigenvalue weighted by atomic mass is 16.5. The van der Waals surface area contributed by atoms with Gasteiger partial charge in [-0.2, -0.15) is 5.10 Å². The SMILES string of the molecule is [2H]c1nn(C)c(C)c1NCCCCOC(C)=O. The van der Waals surface area contributed by atoms with Gasteiger partial charge in [-0.15, -0.1) is 0 Å². The van der Waals surface area contributed by atoms with E-state index in [9.17, 15) is 4.79 Å². The van der Waals surface area contributed by atoms with Gasteiger partial charge in [-0.05, 0) is 19.8 Å². The molecule has 0 bridgehead atoms. The van der Waals surface area contributed by atoms with Crippen LogP contribution in [0.1, 0.15) is 26.8 Å². The maximum Gasteiger partial charge on any atom is 0.302 e. The number of nitrogens with zero attached hydrogens (tertiary/aromatic N) is 2. The van der Waals surface area contributed by atoms with Gasteiger partial charge in [-0.3, -0.25) is 9.48 Å². The number of nitrogens with one attached hydrogen (secondary N) is 1. The molecule has 1 aromatic rings. The fourth-order valence-electron chi connectivity index (χ4n) is 1.27.